The van der Waals surface area contributed by atoms with E-state index in [2.05, 4.69) is 10.3 Å². The molecular formula is C17H22FN3O. The van der Waals surface area contributed by atoms with Crippen LogP contribution in [-0.4, -0.2) is 15.5 Å². The van der Waals surface area contributed by atoms with Gasteiger partial charge in [-0.3, -0.25) is 4.79 Å². The topological polar surface area (TPSA) is 46.9 Å². The minimum Gasteiger partial charge on any atom is -0.342 e. The molecule has 1 amide bonds. The van der Waals surface area contributed by atoms with Gasteiger partial charge in [-0.2, -0.15) is 0 Å². The molecular weight excluding hydrogens is 281 g/mol. The van der Waals surface area contributed by atoms with E-state index in [1.165, 1.54) is 12.1 Å². The van der Waals surface area contributed by atoms with Crippen molar-refractivity contribution >= 4 is 5.91 Å². The quantitative estimate of drug-likeness (QED) is 0.943. The van der Waals surface area contributed by atoms with E-state index in [-0.39, 0.29) is 17.1 Å². The van der Waals surface area contributed by atoms with Crippen molar-refractivity contribution in [1.29, 1.82) is 0 Å². The number of benzene rings is 1. The summed E-state index contributed by atoms with van der Waals surface area (Å²) < 4.78 is 15.4. The lowest BCUT2D eigenvalue weighted by Gasteiger charge is -2.22. The molecule has 0 fully saturated rings. The number of aryl methyl sites for hydroxylation is 1. The van der Waals surface area contributed by atoms with Crippen molar-refractivity contribution in [3.05, 3.63) is 53.9 Å². The van der Waals surface area contributed by atoms with Crippen molar-refractivity contribution in [2.75, 3.05) is 0 Å². The van der Waals surface area contributed by atoms with Gasteiger partial charge in [0.25, 0.3) is 0 Å². The first-order chi connectivity index (χ1) is 10.3. The average molecular weight is 303 g/mol. The van der Waals surface area contributed by atoms with E-state index in [4.69, 9.17) is 0 Å². The largest absolute Gasteiger partial charge is 0.342 e. The minimum absolute atomic E-state index is 0.0789. The molecule has 1 heterocycles. The van der Waals surface area contributed by atoms with Crippen LogP contribution in [0.5, 0.6) is 0 Å². The highest BCUT2D eigenvalue weighted by Crippen LogP contribution is 2.23. The van der Waals surface area contributed by atoms with Crippen LogP contribution in [0.4, 0.5) is 4.39 Å². The second kappa shape index (κ2) is 6.30. The van der Waals surface area contributed by atoms with Gasteiger partial charge in [0, 0.05) is 25.9 Å². The fourth-order valence-corrected chi connectivity index (χ4v) is 2.33. The van der Waals surface area contributed by atoms with E-state index in [0.717, 1.165) is 0 Å². The molecule has 1 aromatic carbocycles. The maximum atomic E-state index is 13.5. The highest BCUT2D eigenvalue weighted by Gasteiger charge is 2.23. The van der Waals surface area contributed by atoms with Crippen LogP contribution in [0, 0.1) is 11.2 Å². The zero-order valence-electron chi connectivity index (χ0n) is 13.4. The Balaban J connectivity index is 2.31. The zero-order chi connectivity index (χ0) is 16.3. The van der Waals surface area contributed by atoms with Crippen molar-refractivity contribution in [2.45, 2.75) is 33.2 Å². The Morgan fingerprint density at radius 3 is 2.68 bits per heavy atom. The summed E-state index contributed by atoms with van der Waals surface area (Å²) in [6.07, 6.45) is 3.86. The van der Waals surface area contributed by atoms with Crippen LogP contribution in [0.2, 0.25) is 0 Å². The molecule has 0 bridgehead atoms. The van der Waals surface area contributed by atoms with Crippen LogP contribution < -0.4 is 5.32 Å². The summed E-state index contributed by atoms with van der Waals surface area (Å²) in [4.78, 5) is 16.6. The van der Waals surface area contributed by atoms with Gasteiger partial charge in [-0.15, -0.1) is 0 Å². The first kappa shape index (κ1) is 16.2. The smallest absolute Gasteiger partial charge is 0.221 e. The molecule has 0 saturated heterocycles. The standard InChI is InChI=1S/C17H22FN3O/c1-17(2,3)11-14(22)20-15(16-19-8-9-21(16)4)12-6-5-7-13(18)10-12/h5-10,15H,11H2,1-4H3,(H,20,22). The highest BCUT2D eigenvalue weighted by atomic mass is 19.1. The number of carbonyl (C=O) groups excluding carboxylic acids is 1. The Hall–Kier alpha value is -2.17. The van der Waals surface area contributed by atoms with Gasteiger partial charge in [0.15, 0.2) is 0 Å². The summed E-state index contributed by atoms with van der Waals surface area (Å²) >= 11 is 0. The summed E-state index contributed by atoms with van der Waals surface area (Å²) in [5, 5.41) is 2.97. The van der Waals surface area contributed by atoms with E-state index in [1.54, 1.807) is 24.5 Å². The van der Waals surface area contributed by atoms with E-state index < -0.39 is 6.04 Å². The van der Waals surface area contributed by atoms with Crippen LogP contribution in [0.3, 0.4) is 0 Å². The fourth-order valence-electron chi connectivity index (χ4n) is 2.33. The van der Waals surface area contributed by atoms with Gasteiger partial charge in [-0.05, 0) is 23.1 Å². The number of rotatable bonds is 4. The summed E-state index contributed by atoms with van der Waals surface area (Å²) in [6, 6.07) is 5.77. The van der Waals surface area contributed by atoms with E-state index in [9.17, 15) is 9.18 Å². The minimum atomic E-state index is -0.467. The Labute approximate surface area is 130 Å². The molecule has 0 radical (unpaired) electrons. The van der Waals surface area contributed by atoms with Crippen LogP contribution in [0.15, 0.2) is 36.7 Å². The normalized spacial score (nSPS) is 13.0. The molecule has 0 spiro atoms. The number of hydrogen-bond acceptors (Lipinski definition) is 2. The van der Waals surface area contributed by atoms with Gasteiger partial charge in [-0.25, -0.2) is 9.37 Å². The Kier molecular flexibility index (Phi) is 4.64. The van der Waals surface area contributed by atoms with Gasteiger partial charge in [0.2, 0.25) is 5.91 Å². The van der Waals surface area contributed by atoms with E-state index >= 15 is 0 Å². The van der Waals surface area contributed by atoms with Crippen LogP contribution in [0.1, 0.15) is 44.6 Å². The van der Waals surface area contributed by atoms with Crippen molar-refractivity contribution in [3.8, 4) is 0 Å². The zero-order valence-corrected chi connectivity index (χ0v) is 13.4. The maximum absolute atomic E-state index is 13.5. The molecule has 0 aliphatic carbocycles. The third kappa shape index (κ3) is 4.16. The fraction of sp³-hybridized carbons (Fsp3) is 0.412. The van der Waals surface area contributed by atoms with Crippen LogP contribution >= 0.6 is 0 Å². The molecule has 1 aromatic heterocycles. The van der Waals surface area contributed by atoms with Gasteiger partial charge in [0.05, 0.1) is 0 Å². The summed E-state index contributed by atoms with van der Waals surface area (Å²) in [7, 11) is 1.85. The Morgan fingerprint density at radius 1 is 1.41 bits per heavy atom. The molecule has 1 unspecified atom stereocenters. The average Bonchev–Trinajstić information content (AvgIpc) is 2.80. The Bertz CT molecular complexity index is 658. The van der Waals surface area contributed by atoms with Crippen LogP contribution in [0.25, 0.3) is 0 Å². The third-order valence-electron chi connectivity index (χ3n) is 3.29. The molecule has 118 valence electrons. The molecule has 0 aliphatic rings. The number of hydrogen-bond donors (Lipinski definition) is 1. The first-order valence-corrected chi connectivity index (χ1v) is 7.28. The number of carbonyl (C=O) groups is 1. The molecule has 1 atom stereocenters. The monoisotopic (exact) mass is 303 g/mol. The predicted molar refractivity (Wildman–Crippen MR) is 83.7 cm³/mol. The molecule has 4 nitrogen and oxygen atoms in total. The Morgan fingerprint density at radius 2 is 2.14 bits per heavy atom. The molecule has 2 aromatic rings. The van der Waals surface area contributed by atoms with Crippen molar-refractivity contribution in [3.63, 3.8) is 0 Å². The predicted octanol–water partition coefficient (Wildman–Crippen LogP) is 3.20. The third-order valence-corrected chi connectivity index (χ3v) is 3.29. The number of imidazole rings is 1. The number of nitrogens with one attached hydrogen (secondary N) is 1. The second-order valence-corrected chi connectivity index (χ2v) is 6.69. The highest BCUT2D eigenvalue weighted by molar-refractivity contribution is 5.77. The summed E-state index contributed by atoms with van der Waals surface area (Å²) in [5.41, 5.74) is 0.564. The lowest BCUT2D eigenvalue weighted by molar-refractivity contribution is -0.123. The molecule has 1 N–H and O–H groups in total. The van der Waals surface area contributed by atoms with Crippen molar-refractivity contribution in [2.24, 2.45) is 12.5 Å². The molecule has 2 rings (SSSR count). The van der Waals surface area contributed by atoms with Gasteiger partial charge in [-0.1, -0.05) is 32.9 Å². The van der Waals surface area contributed by atoms with Gasteiger partial charge < -0.3 is 9.88 Å². The molecule has 5 heteroatoms. The number of nitrogens with zero attached hydrogens (tertiary/aromatic N) is 2. The van der Waals surface area contributed by atoms with Crippen LogP contribution in [-0.2, 0) is 11.8 Å². The molecule has 0 saturated carbocycles. The second-order valence-electron chi connectivity index (χ2n) is 6.69. The molecule has 22 heavy (non-hydrogen) atoms. The summed E-state index contributed by atoms with van der Waals surface area (Å²) in [5.74, 6) is 0.263. The van der Waals surface area contributed by atoms with Crippen molar-refractivity contribution in [1.82, 2.24) is 14.9 Å². The van der Waals surface area contributed by atoms with E-state index in [1.807, 2.05) is 32.4 Å². The maximum Gasteiger partial charge on any atom is 0.221 e. The number of halogens is 1. The lowest BCUT2D eigenvalue weighted by Crippen LogP contribution is -2.33. The van der Waals surface area contributed by atoms with Gasteiger partial charge in [0.1, 0.15) is 17.7 Å². The number of amides is 1. The summed E-state index contributed by atoms with van der Waals surface area (Å²) in [6.45, 7) is 6.01. The van der Waals surface area contributed by atoms with Gasteiger partial charge >= 0.3 is 0 Å². The van der Waals surface area contributed by atoms with Crippen molar-refractivity contribution < 1.29 is 9.18 Å². The SMILES string of the molecule is Cn1ccnc1C(NC(=O)CC(C)(C)C)c1cccc(F)c1. The first-order valence-electron chi connectivity index (χ1n) is 7.28. The number of aromatic nitrogens is 2. The van der Waals surface area contributed by atoms with E-state index in [0.29, 0.717) is 17.8 Å². The molecule has 0 aliphatic heterocycles. The lowest BCUT2D eigenvalue weighted by atomic mass is 9.91.